The molecule has 3 aromatic rings. The molecule has 2 aromatic carbocycles. The summed E-state index contributed by atoms with van der Waals surface area (Å²) in [5.41, 5.74) is 6.91. The van der Waals surface area contributed by atoms with Crippen LogP contribution in [-0.2, 0) is 10.2 Å². The molecule has 0 radical (unpaired) electrons. The number of ether oxygens (including phenoxy) is 2. The predicted octanol–water partition coefficient (Wildman–Crippen LogP) is 5.01. The number of thiophene rings is 1. The van der Waals surface area contributed by atoms with Crippen LogP contribution in [0.4, 0.5) is 0 Å². The second kappa shape index (κ2) is 7.65. The molecule has 3 N–H and O–H groups in total. The van der Waals surface area contributed by atoms with Crippen LogP contribution in [0.15, 0.2) is 36.4 Å². The lowest BCUT2D eigenvalue weighted by atomic mass is 9.78. The van der Waals surface area contributed by atoms with Crippen LogP contribution in [0.2, 0.25) is 0 Å². The Hall–Kier alpha value is -3.06. The lowest BCUT2D eigenvalue weighted by molar-refractivity contribution is -0.123. The third-order valence-electron chi connectivity index (χ3n) is 5.91. The van der Waals surface area contributed by atoms with E-state index < -0.39 is 11.4 Å². The van der Waals surface area contributed by atoms with Crippen LogP contribution in [0.1, 0.15) is 46.5 Å². The van der Waals surface area contributed by atoms with E-state index in [0.29, 0.717) is 22.6 Å². The average Bonchev–Trinajstić information content (AvgIpc) is 3.34. The summed E-state index contributed by atoms with van der Waals surface area (Å²) >= 11 is 1.17. The number of benzene rings is 2. The van der Waals surface area contributed by atoms with Gasteiger partial charge in [0.1, 0.15) is 11.5 Å². The number of carbonyl (C=O) groups excluding carboxylic acids is 1. The van der Waals surface area contributed by atoms with Crippen molar-refractivity contribution in [2.24, 2.45) is 5.73 Å². The number of carboxylic acid groups (broad SMARTS) is 1. The zero-order valence-electron chi connectivity index (χ0n) is 16.9. The Morgan fingerprint density at radius 2 is 1.80 bits per heavy atom. The SMILES string of the molecule is COc1cc2c(Oc3ccc(C4(C(N)=O)CCCC4)cc3)c(C(=O)O)sc2cc1C. The lowest BCUT2D eigenvalue weighted by Crippen LogP contribution is -2.38. The van der Waals surface area contributed by atoms with Crippen molar-refractivity contribution in [1.82, 2.24) is 0 Å². The second-order valence-corrected chi connectivity index (χ2v) is 8.72. The molecule has 1 aliphatic carbocycles. The van der Waals surface area contributed by atoms with Gasteiger partial charge >= 0.3 is 5.97 Å². The number of hydrogen-bond donors (Lipinski definition) is 2. The fraction of sp³-hybridized carbons (Fsp3) is 0.304. The molecule has 0 saturated heterocycles. The standard InChI is InChI=1S/C23H23NO5S/c1-13-11-18-16(12-17(13)28-2)19(20(30-18)21(25)26)29-15-7-5-14(6-8-15)23(22(24)27)9-3-4-10-23/h5-8,11-12H,3-4,9-10H2,1-2H3,(H2,24,27)(H,25,26). The summed E-state index contributed by atoms with van der Waals surface area (Å²) in [5, 5.41) is 10.4. The molecule has 1 aliphatic rings. The van der Waals surface area contributed by atoms with Gasteiger partial charge in [0.2, 0.25) is 5.91 Å². The molecule has 1 heterocycles. The van der Waals surface area contributed by atoms with Gasteiger partial charge in [0.15, 0.2) is 10.6 Å². The minimum absolute atomic E-state index is 0.131. The number of aromatic carboxylic acids is 1. The molecule has 0 atom stereocenters. The van der Waals surface area contributed by atoms with Gasteiger partial charge in [0, 0.05) is 10.1 Å². The monoisotopic (exact) mass is 425 g/mol. The Balaban J connectivity index is 1.73. The van der Waals surface area contributed by atoms with Crippen LogP contribution >= 0.6 is 11.3 Å². The zero-order valence-corrected chi connectivity index (χ0v) is 17.7. The first-order valence-electron chi connectivity index (χ1n) is 9.78. The molecule has 4 rings (SSSR count). The topological polar surface area (TPSA) is 98.9 Å². The molecule has 6 nitrogen and oxygen atoms in total. The Bertz CT molecular complexity index is 1130. The van der Waals surface area contributed by atoms with E-state index in [2.05, 4.69) is 0 Å². The summed E-state index contributed by atoms with van der Waals surface area (Å²) in [5.74, 6) is 0.116. The molecule has 1 saturated carbocycles. The third kappa shape index (κ3) is 3.29. The van der Waals surface area contributed by atoms with E-state index in [1.807, 2.05) is 25.1 Å². The Labute approximate surface area is 178 Å². The molecule has 1 amide bonds. The molecule has 0 aliphatic heterocycles. The first-order valence-corrected chi connectivity index (χ1v) is 10.6. The quantitative estimate of drug-likeness (QED) is 0.579. The van der Waals surface area contributed by atoms with Crippen molar-refractivity contribution in [1.29, 1.82) is 0 Å². The molecular weight excluding hydrogens is 402 g/mol. The van der Waals surface area contributed by atoms with Crippen molar-refractivity contribution in [3.8, 4) is 17.2 Å². The number of nitrogens with two attached hydrogens (primary N) is 1. The van der Waals surface area contributed by atoms with Crippen LogP contribution in [0, 0.1) is 6.92 Å². The van der Waals surface area contributed by atoms with Gasteiger partial charge in [-0.15, -0.1) is 11.3 Å². The number of hydrogen-bond acceptors (Lipinski definition) is 5. The minimum atomic E-state index is -1.04. The maximum atomic E-state index is 12.1. The molecule has 1 aromatic heterocycles. The first kappa shape index (κ1) is 20.2. The first-order chi connectivity index (χ1) is 14.4. The molecule has 30 heavy (non-hydrogen) atoms. The van der Waals surface area contributed by atoms with Crippen LogP contribution in [0.25, 0.3) is 10.1 Å². The number of carbonyl (C=O) groups is 2. The number of primary amides is 1. The van der Waals surface area contributed by atoms with Gasteiger partial charge in [-0.3, -0.25) is 4.79 Å². The van der Waals surface area contributed by atoms with E-state index in [0.717, 1.165) is 41.5 Å². The van der Waals surface area contributed by atoms with E-state index in [-0.39, 0.29) is 10.8 Å². The van der Waals surface area contributed by atoms with Crippen molar-refractivity contribution in [2.75, 3.05) is 7.11 Å². The number of aryl methyl sites for hydroxylation is 1. The van der Waals surface area contributed by atoms with Crippen molar-refractivity contribution in [3.05, 3.63) is 52.4 Å². The number of amides is 1. The third-order valence-corrected chi connectivity index (χ3v) is 7.03. The molecule has 0 unspecified atom stereocenters. The maximum absolute atomic E-state index is 12.1. The Morgan fingerprint density at radius 3 is 2.37 bits per heavy atom. The number of fused-ring (bicyclic) bond motifs is 1. The van der Waals surface area contributed by atoms with E-state index in [1.54, 1.807) is 25.3 Å². The predicted molar refractivity (Wildman–Crippen MR) is 116 cm³/mol. The zero-order chi connectivity index (χ0) is 21.5. The molecule has 1 fully saturated rings. The molecule has 7 heteroatoms. The summed E-state index contributed by atoms with van der Waals surface area (Å²) in [6.07, 6.45) is 3.45. The van der Waals surface area contributed by atoms with Crippen molar-refractivity contribution >= 4 is 33.3 Å². The van der Waals surface area contributed by atoms with E-state index in [4.69, 9.17) is 15.2 Å². The fourth-order valence-electron chi connectivity index (χ4n) is 4.28. The van der Waals surface area contributed by atoms with Gasteiger partial charge < -0.3 is 20.3 Å². The number of carboxylic acids is 1. The molecular formula is C23H23NO5S. The van der Waals surface area contributed by atoms with Crippen LogP contribution < -0.4 is 15.2 Å². The average molecular weight is 426 g/mol. The summed E-state index contributed by atoms with van der Waals surface area (Å²) in [4.78, 5) is 24.1. The van der Waals surface area contributed by atoms with Gasteiger partial charge in [-0.25, -0.2) is 4.79 Å². The van der Waals surface area contributed by atoms with Gasteiger partial charge in [-0.05, 0) is 55.2 Å². The van der Waals surface area contributed by atoms with Crippen molar-refractivity contribution in [2.45, 2.75) is 38.0 Å². The van der Waals surface area contributed by atoms with E-state index in [9.17, 15) is 14.7 Å². The van der Waals surface area contributed by atoms with Crippen molar-refractivity contribution < 1.29 is 24.2 Å². The van der Waals surface area contributed by atoms with E-state index >= 15 is 0 Å². The second-order valence-electron chi connectivity index (χ2n) is 7.66. The van der Waals surface area contributed by atoms with Crippen LogP contribution in [-0.4, -0.2) is 24.1 Å². The minimum Gasteiger partial charge on any atom is -0.496 e. The normalized spacial score (nSPS) is 15.3. The van der Waals surface area contributed by atoms with Gasteiger partial charge in [-0.2, -0.15) is 0 Å². The van der Waals surface area contributed by atoms with Crippen LogP contribution in [0.5, 0.6) is 17.2 Å². The molecule has 156 valence electrons. The van der Waals surface area contributed by atoms with Gasteiger partial charge in [-0.1, -0.05) is 25.0 Å². The summed E-state index contributed by atoms with van der Waals surface area (Å²) in [7, 11) is 1.58. The Morgan fingerprint density at radius 1 is 1.13 bits per heavy atom. The van der Waals surface area contributed by atoms with E-state index in [1.165, 1.54) is 11.3 Å². The largest absolute Gasteiger partial charge is 0.496 e. The van der Waals surface area contributed by atoms with Crippen molar-refractivity contribution in [3.63, 3.8) is 0 Å². The summed E-state index contributed by atoms with van der Waals surface area (Å²) in [6, 6.07) is 10.9. The molecule has 0 bridgehead atoms. The van der Waals surface area contributed by atoms with Gasteiger partial charge in [0.25, 0.3) is 0 Å². The lowest BCUT2D eigenvalue weighted by Gasteiger charge is -2.25. The maximum Gasteiger partial charge on any atom is 0.349 e. The smallest absolute Gasteiger partial charge is 0.349 e. The number of rotatable bonds is 6. The molecule has 0 spiro atoms. The highest BCUT2D eigenvalue weighted by Crippen LogP contribution is 2.44. The Kier molecular flexibility index (Phi) is 5.15. The summed E-state index contributed by atoms with van der Waals surface area (Å²) in [6.45, 7) is 1.91. The number of methoxy groups -OCH3 is 1. The highest BCUT2D eigenvalue weighted by Gasteiger charge is 2.41. The highest BCUT2D eigenvalue weighted by atomic mass is 32.1. The highest BCUT2D eigenvalue weighted by molar-refractivity contribution is 7.21. The van der Waals surface area contributed by atoms with Crippen LogP contribution in [0.3, 0.4) is 0 Å². The van der Waals surface area contributed by atoms with Gasteiger partial charge in [0.05, 0.1) is 12.5 Å². The summed E-state index contributed by atoms with van der Waals surface area (Å²) < 4.78 is 12.2. The fourth-order valence-corrected chi connectivity index (χ4v) is 5.33.